The number of rotatable bonds is 4. The Hall–Kier alpha value is -1.20. The van der Waals surface area contributed by atoms with Gasteiger partial charge in [-0.2, -0.15) is 0 Å². The summed E-state index contributed by atoms with van der Waals surface area (Å²) in [6, 6.07) is 9.39. The third kappa shape index (κ3) is 4.45. The minimum absolute atomic E-state index is 0.164. The highest BCUT2D eigenvalue weighted by Gasteiger charge is 2.18. The summed E-state index contributed by atoms with van der Waals surface area (Å²) in [7, 11) is 0. The molecule has 1 heterocycles. The van der Waals surface area contributed by atoms with E-state index in [1.165, 1.54) is 18.2 Å². The van der Waals surface area contributed by atoms with E-state index in [1.54, 1.807) is 18.2 Å². The van der Waals surface area contributed by atoms with Gasteiger partial charge in [-0.1, -0.05) is 35.3 Å². The molecule has 24 heavy (non-hydrogen) atoms. The lowest BCUT2D eigenvalue weighted by Gasteiger charge is -2.35. The summed E-state index contributed by atoms with van der Waals surface area (Å²) in [6.07, 6.45) is 0. The van der Waals surface area contributed by atoms with Crippen LogP contribution in [0.25, 0.3) is 0 Å². The van der Waals surface area contributed by atoms with Crippen LogP contribution in [0.2, 0.25) is 10.0 Å². The average Bonchev–Trinajstić information content (AvgIpc) is 2.55. The van der Waals surface area contributed by atoms with Crippen LogP contribution in [0.1, 0.15) is 11.1 Å². The first-order valence-electron chi connectivity index (χ1n) is 7.84. The monoisotopic (exact) mass is 370 g/mol. The van der Waals surface area contributed by atoms with E-state index in [0.717, 1.165) is 50.4 Å². The molecule has 0 aromatic heterocycles. The van der Waals surface area contributed by atoms with Crippen molar-refractivity contribution < 1.29 is 8.78 Å². The van der Waals surface area contributed by atoms with Crippen LogP contribution in [0.5, 0.6) is 0 Å². The summed E-state index contributed by atoms with van der Waals surface area (Å²) in [5, 5.41) is 0.635. The van der Waals surface area contributed by atoms with Gasteiger partial charge in [-0.15, -0.1) is 0 Å². The first kappa shape index (κ1) is 17.6. The van der Waals surface area contributed by atoms with Crippen molar-refractivity contribution in [2.24, 2.45) is 0 Å². The van der Waals surface area contributed by atoms with Crippen LogP contribution in [0.15, 0.2) is 36.4 Å². The van der Waals surface area contributed by atoms with Crippen LogP contribution in [0.3, 0.4) is 0 Å². The van der Waals surface area contributed by atoms with Gasteiger partial charge in [0.1, 0.15) is 11.6 Å². The zero-order valence-corrected chi connectivity index (χ0v) is 14.6. The predicted octanol–water partition coefficient (Wildman–Crippen LogP) is 4.59. The Kier molecular flexibility index (Phi) is 5.72. The molecule has 3 rings (SSSR count). The molecule has 1 fully saturated rings. The molecule has 0 bridgehead atoms. The molecule has 0 saturated carbocycles. The van der Waals surface area contributed by atoms with Crippen molar-refractivity contribution in [3.05, 3.63) is 69.2 Å². The summed E-state index contributed by atoms with van der Waals surface area (Å²) < 4.78 is 26.3. The standard InChI is InChI=1S/C18H18Cl2F2N2/c19-16-10-15(21)3-2-14(16)12-24-7-5-23(6-8-24)11-13-1-4-18(22)17(20)9-13/h1-4,9-10H,5-8,11-12H2. The molecule has 1 aliphatic rings. The molecule has 0 N–H and O–H groups in total. The lowest BCUT2D eigenvalue weighted by atomic mass is 10.1. The van der Waals surface area contributed by atoms with E-state index in [0.29, 0.717) is 5.02 Å². The summed E-state index contributed by atoms with van der Waals surface area (Å²) >= 11 is 11.9. The third-order valence-corrected chi connectivity index (χ3v) is 4.91. The predicted molar refractivity (Wildman–Crippen MR) is 93.4 cm³/mol. The first-order chi connectivity index (χ1) is 11.5. The zero-order valence-electron chi connectivity index (χ0n) is 13.1. The first-order valence-corrected chi connectivity index (χ1v) is 8.59. The fraction of sp³-hybridized carbons (Fsp3) is 0.333. The molecule has 2 nitrogen and oxygen atoms in total. The number of hydrogen-bond acceptors (Lipinski definition) is 2. The van der Waals surface area contributed by atoms with E-state index in [1.807, 2.05) is 0 Å². The van der Waals surface area contributed by atoms with Gasteiger partial charge < -0.3 is 0 Å². The molecule has 1 saturated heterocycles. The van der Waals surface area contributed by atoms with Gasteiger partial charge in [0, 0.05) is 44.3 Å². The zero-order chi connectivity index (χ0) is 17.1. The van der Waals surface area contributed by atoms with Crippen molar-refractivity contribution in [2.75, 3.05) is 26.2 Å². The number of piperazine rings is 1. The fourth-order valence-corrected chi connectivity index (χ4v) is 3.32. The van der Waals surface area contributed by atoms with Gasteiger partial charge in [0.25, 0.3) is 0 Å². The average molecular weight is 371 g/mol. The van der Waals surface area contributed by atoms with Gasteiger partial charge in [-0.25, -0.2) is 8.78 Å². The molecule has 0 spiro atoms. The second-order valence-corrected chi connectivity index (χ2v) is 6.85. The van der Waals surface area contributed by atoms with Crippen molar-refractivity contribution in [2.45, 2.75) is 13.1 Å². The topological polar surface area (TPSA) is 6.48 Å². The molecule has 128 valence electrons. The van der Waals surface area contributed by atoms with E-state index in [9.17, 15) is 8.78 Å². The second-order valence-electron chi connectivity index (χ2n) is 6.04. The quantitative estimate of drug-likeness (QED) is 0.776. The maximum absolute atomic E-state index is 13.2. The minimum atomic E-state index is -0.388. The maximum Gasteiger partial charge on any atom is 0.141 e. The van der Waals surface area contributed by atoms with Crippen molar-refractivity contribution >= 4 is 23.2 Å². The van der Waals surface area contributed by atoms with Gasteiger partial charge in [0.15, 0.2) is 0 Å². The molecule has 0 amide bonds. The van der Waals surface area contributed by atoms with Crippen LogP contribution in [0, 0.1) is 11.6 Å². The number of benzene rings is 2. The van der Waals surface area contributed by atoms with Gasteiger partial charge in [-0.05, 0) is 35.4 Å². The maximum atomic E-state index is 13.2. The van der Waals surface area contributed by atoms with E-state index >= 15 is 0 Å². The van der Waals surface area contributed by atoms with Crippen LogP contribution < -0.4 is 0 Å². The molecule has 6 heteroatoms. The number of hydrogen-bond donors (Lipinski definition) is 0. The van der Waals surface area contributed by atoms with Gasteiger partial charge in [0.05, 0.1) is 5.02 Å². The fourth-order valence-electron chi connectivity index (χ4n) is 2.89. The second kappa shape index (κ2) is 7.79. The molecular formula is C18H18Cl2F2N2. The van der Waals surface area contributed by atoms with Crippen molar-refractivity contribution in [3.8, 4) is 0 Å². The van der Waals surface area contributed by atoms with Crippen LogP contribution >= 0.6 is 23.2 Å². The Labute approximate surface area is 150 Å². The molecule has 0 unspecified atom stereocenters. The van der Waals surface area contributed by atoms with Crippen molar-refractivity contribution in [1.82, 2.24) is 9.80 Å². The Morgan fingerprint density at radius 2 is 1.46 bits per heavy atom. The molecule has 1 aliphatic heterocycles. The highest BCUT2D eigenvalue weighted by atomic mass is 35.5. The molecule has 0 radical (unpaired) electrons. The largest absolute Gasteiger partial charge is 0.297 e. The molecule has 2 aromatic carbocycles. The lowest BCUT2D eigenvalue weighted by molar-refractivity contribution is 0.122. The summed E-state index contributed by atoms with van der Waals surface area (Å²) in [5.41, 5.74) is 1.95. The van der Waals surface area contributed by atoms with Gasteiger partial charge in [0.2, 0.25) is 0 Å². The van der Waals surface area contributed by atoms with E-state index in [4.69, 9.17) is 23.2 Å². The number of nitrogens with zero attached hydrogens (tertiary/aromatic N) is 2. The minimum Gasteiger partial charge on any atom is -0.297 e. The molecule has 2 aromatic rings. The van der Waals surface area contributed by atoms with Crippen LogP contribution in [-0.4, -0.2) is 36.0 Å². The molecule has 0 atom stereocenters. The Bertz CT molecular complexity index is 716. The van der Waals surface area contributed by atoms with E-state index in [2.05, 4.69) is 9.80 Å². The highest BCUT2D eigenvalue weighted by Crippen LogP contribution is 2.21. The third-order valence-electron chi connectivity index (χ3n) is 4.26. The highest BCUT2D eigenvalue weighted by molar-refractivity contribution is 6.31. The number of halogens is 4. The van der Waals surface area contributed by atoms with Crippen molar-refractivity contribution in [3.63, 3.8) is 0 Å². The molecular weight excluding hydrogens is 353 g/mol. The summed E-state index contributed by atoms with van der Waals surface area (Å²) in [4.78, 5) is 4.61. The Balaban J connectivity index is 1.52. The van der Waals surface area contributed by atoms with Gasteiger partial charge >= 0.3 is 0 Å². The normalized spacial score (nSPS) is 16.5. The van der Waals surface area contributed by atoms with Crippen molar-refractivity contribution in [1.29, 1.82) is 0 Å². The Morgan fingerprint density at radius 1 is 0.792 bits per heavy atom. The van der Waals surface area contributed by atoms with Crippen LogP contribution in [0.4, 0.5) is 8.78 Å². The van der Waals surface area contributed by atoms with Crippen LogP contribution in [-0.2, 0) is 13.1 Å². The smallest absolute Gasteiger partial charge is 0.141 e. The summed E-state index contributed by atoms with van der Waals surface area (Å²) in [6.45, 7) is 5.10. The van der Waals surface area contributed by atoms with E-state index < -0.39 is 0 Å². The Morgan fingerprint density at radius 3 is 2.08 bits per heavy atom. The van der Waals surface area contributed by atoms with E-state index in [-0.39, 0.29) is 16.7 Å². The SMILES string of the molecule is Fc1ccc(CN2CCN(Cc3ccc(F)c(Cl)c3)CC2)c(Cl)c1. The molecule has 0 aliphatic carbocycles. The lowest BCUT2D eigenvalue weighted by Crippen LogP contribution is -2.45. The van der Waals surface area contributed by atoms with Gasteiger partial charge in [-0.3, -0.25) is 9.80 Å². The summed E-state index contributed by atoms with van der Waals surface area (Å²) in [5.74, 6) is -0.701.